The second kappa shape index (κ2) is 13.7. The maximum Gasteiger partial charge on any atom is 0.282 e. The van der Waals surface area contributed by atoms with Gasteiger partial charge in [0.25, 0.3) is 11.5 Å². The maximum atomic E-state index is 13.8. The van der Waals surface area contributed by atoms with Crippen LogP contribution in [0.1, 0.15) is 43.4 Å². The molecule has 0 spiro atoms. The van der Waals surface area contributed by atoms with Crippen LogP contribution in [0.4, 0.5) is 5.69 Å². The standard InChI is InChI=1S/C35H33BrN4O4/c1-5-43-32-17-23(4)28(19-27(32)22(2)3)34-39-30-14-10-9-13-26(30)35(42)40(34)37-20-24-15-16-31(29(36)18-24)44-21-33(41)38-25-11-7-6-8-12-25/h6-20,22H,5,21H2,1-4H3,(H,38,41). The Bertz CT molecular complexity index is 1900. The fourth-order valence-corrected chi connectivity index (χ4v) is 5.29. The summed E-state index contributed by atoms with van der Waals surface area (Å²) in [5.41, 5.74) is 4.49. The van der Waals surface area contributed by atoms with Gasteiger partial charge in [-0.1, -0.05) is 44.2 Å². The number of aromatic nitrogens is 2. The van der Waals surface area contributed by atoms with Gasteiger partial charge in [0.2, 0.25) is 0 Å². The van der Waals surface area contributed by atoms with E-state index in [-0.39, 0.29) is 24.0 Å². The molecule has 9 heteroatoms. The highest BCUT2D eigenvalue weighted by Gasteiger charge is 2.18. The minimum Gasteiger partial charge on any atom is -0.494 e. The van der Waals surface area contributed by atoms with Crippen LogP contribution in [0.2, 0.25) is 0 Å². The normalized spacial score (nSPS) is 11.3. The number of rotatable bonds is 10. The number of hydrogen-bond donors (Lipinski definition) is 1. The monoisotopic (exact) mass is 652 g/mol. The van der Waals surface area contributed by atoms with Gasteiger partial charge in [0, 0.05) is 11.3 Å². The first-order valence-electron chi connectivity index (χ1n) is 14.4. The molecule has 0 aliphatic heterocycles. The lowest BCUT2D eigenvalue weighted by Gasteiger charge is -2.18. The predicted molar refractivity (Wildman–Crippen MR) is 179 cm³/mol. The summed E-state index contributed by atoms with van der Waals surface area (Å²) >= 11 is 3.53. The molecule has 1 heterocycles. The highest BCUT2D eigenvalue weighted by molar-refractivity contribution is 9.10. The van der Waals surface area contributed by atoms with Gasteiger partial charge in [-0.3, -0.25) is 9.59 Å². The summed E-state index contributed by atoms with van der Waals surface area (Å²) in [4.78, 5) is 31.0. The second-order valence-corrected chi connectivity index (χ2v) is 11.4. The van der Waals surface area contributed by atoms with E-state index >= 15 is 0 Å². The van der Waals surface area contributed by atoms with Crippen molar-refractivity contribution in [2.24, 2.45) is 5.10 Å². The smallest absolute Gasteiger partial charge is 0.282 e. The molecule has 0 fully saturated rings. The van der Waals surface area contributed by atoms with Gasteiger partial charge in [-0.05, 0) is 107 Å². The second-order valence-electron chi connectivity index (χ2n) is 10.5. The third-order valence-corrected chi connectivity index (χ3v) is 7.59. The third kappa shape index (κ3) is 6.89. The van der Waals surface area contributed by atoms with Crippen LogP contribution in [0.5, 0.6) is 11.5 Å². The zero-order valence-corrected chi connectivity index (χ0v) is 26.6. The van der Waals surface area contributed by atoms with Gasteiger partial charge in [-0.15, -0.1) is 0 Å². The lowest BCUT2D eigenvalue weighted by atomic mass is 9.96. The van der Waals surface area contributed by atoms with E-state index in [0.29, 0.717) is 39.2 Å². The van der Waals surface area contributed by atoms with Crippen molar-refractivity contribution >= 4 is 44.6 Å². The molecule has 44 heavy (non-hydrogen) atoms. The zero-order valence-electron chi connectivity index (χ0n) is 25.0. The Morgan fingerprint density at radius 1 is 1.00 bits per heavy atom. The molecule has 4 aromatic carbocycles. The number of benzene rings is 4. The van der Waals surface area contributed by atoms with Gasteiger partial charge in [0.05, 0.1) is 28.2 Å². The number of anilines is 1. The Morgan fingerprint density at radius 2 is 1.75 bits per heavy atom. The van der Waals surface area contributed by atoms with Crippen molar-refractivity contribution in [2.75, 3.05) is 18.5 Å². The Labute approximate surface area is 264 Å². The van der Waals surface area contributed by atoms with Crippen LogP contribution in [-0.4, -0.2) is 35.0 Å². The van der Waals surface area contributed by atoms with E-state index in [0.717, 1.165) is 28.0 Å². The number of para-hydroxylation sites is 2. The number of carbonyl (C=O) groups is 1. The molecule has 0 bridgehead atoms. The van der Waals surface area contributed by atoms with Crippen LogP contribution >= 0.6 is 15.9 Å². The number of halogens is 1. The number of ether oxygens (including phenoxy) is 2. The third-order valence-electron chi connectivity index (χ3n) is 6.97. The number of fused-ring (bicyclic) bond motifs is 1. The lowest BCUT2D eigenvalue weighted by Crippen LogP contribution is -2.21. The van der Waals surface area contributed by atoms with Crippen molar-refractivity contribution < 1.29 is 14.3 Å². The number of carbonyl (C=O) groups excluding carboxylic acids is 1. The number of hydrogen-bond acceptors (Lipinski definition) is 6. The molecule has 0 saturated carbocycles. The molecule has 0 saturated heterocycles. The van der Waals surface area contributed by atoms with Crippen LogP contribution in [0.15, 0.2) is 99.3 Å². The molecule has 0 radical (unpaired) electrons. The molecule has 0 aliphatic rings. The highest BCUT2D eigenvalue weighted by atomic mass is 79.9. The van der Waals surface area contributed by atoms with E-state index in [2.05, 4.69) is 40.2 Å². The minimum absolute atomic E-state index is 0.151. The van der Waals surface area contributed by atoms with Crippen molar-refractivity contribution in [3.8, 4) is 22.9 Å². The van der Waals surface area contributed by atoms with Gasteiger partial charge in [0.15, 0.2) is 12.4 Å². The van der Waals surface area contributed by atoms with E-state index < -0.39 is 0 Å². The maximum absolute atomic E-state index is 13.8. The van der Waals surface area contributed by atoms with Gasteiger partial charge < -0.3 is 14.8 Å². The van der Waals surface area contributed by atoms with Crippen molar-refractivity contribution in [2.45, 2.75) is 33.6 Å². The Hall–Kier alpha value is -4.76. The fourth-order valence-electron chi connectivity index (χ4n) is 4.78. The first-order valence-corrected chi connectivity index (χ1v) is 15.2. The summed E-state index contributed by atoms with van der Waals surface area (Å²) in [7, 11) is 0. The zero-order chi connectivity index (χ0) is 31.2. The summed E-state index contributed by atoms with van der Waals surface area (Å²) in [5, 5.41) is 7.90. The summed E-state index contributed by atoms with van der Waals surface area (Å²) < 4.78 is 13.6. The molecule has 5 aromatic rings. The van der Waals surface area contributed by atoms with E-state index in [1.165, 1.54) is 4.68 Å². The minimum atomic E-state index is -0.273. The quantitative estimate of drug-likeness (QED) is 0.157. The van der Waals surface area contributed by atoms with Gasteiger partial charge >= 0.3 is 0 Å². The molecule has 1 amide bonds. The van der Waals surface area contributed by atoms with Crippen molar-refractivity contribution in [3.63, 3.8) is 0 Å². The predicted octanol–water partition coefficient (Wildman–Crippen LogP) is 7.56. The van der Waals surface area contributed by atoms with E-state index in [1.807, 2.05) is 80.6 Å². The average molecular weight is 654 g/mol. The van der Waals surface area contributed by atoms with Crippen LogP contribution in [0.3, 0.4) is 0 Å². The van der Waals surface area contributed by atoms with Gasteiger partial charge in [-0.25, -0.2) is 4.98 Å². The van der Waals surface area contributed by atoms with Crippen LogP contribution in [0.25, 0.3) is 22.3 Å². The summed E-state index contributed by atoms with van der Waals surface area (Å²) in [6.07, 6.45) is 1.60. The van der Waals surface area contributed by atoms with E-state index in [1.54, 1.807) is 24.4 Å². The Kier molecular flexibility index (Phi) is 9.55. The van der Waals surface area contributed by atoms with E-state index in [4.69, 9.17) is 14.5 Å². The number of aryl methyl sites for hydroxylation is 1. The molecule has 0 aliphatic carbocycles. The Morgan fingerprint density at radius 3 is 2.48 bits per heavy atom. The topological polar surface area (TPSA) is 94.8 Å². The van der Waals surface area contributed by atoms with Crippen LogP contribution < -0.4 is 20.3 Å². The number of nitrogens with one attached hydrogen (secondary N) is 1. The molecule has 5 rings (SSSR count). The van der Waals surface area contributed by atoms with Crippen LogP contribution in [-0.2, 0) is 4.79 Å². The highest BCUT2D eigenvalue weighted by Crippen LogP contribution is 2.34. The van der Waals surface area contributed by atoms with Crippen molar-refractivity contribution in [1.82, 2.24) is 9.66 Å². The molecule has 0 atom stereocenters. The first-order chi connectivity index (χ1) is 21.2. The van der Waals surface area contributed by atoms with Gasteiger partial charge in [-0.2, -0.15) is 9.78 Å². The average Bonchev–Trinajstić information content (AvgIpc) is 3.01. The SMILES string of the molecule is CCOc1cc(C)c(-c2nc3ccccc3c(=O)n2N=Cc2ccc(OCC(=O)Nc3ccccc3)c(Br)c2)cc1C(C)C. The molecule has 1 aromatic heterocycles. The molecular formula is C35H33BrN4O4. The summed E-state index contributed by atoms with van der Waals surface area (Å²) in [6.45, 7) is 8.57. The molecule has 8 nitrogen and oxygen atoms in total. The number of amides is 1. The molecular weight excluding hydrogens is 620 g/mol. The van der Waals surface area contributed by atoms with Crippen LogP contribution in [0, 0.1) is 6.92 Å². The first kappa shape index (κ1) is 30.7. The number of nitrogens with zero attached hydrogens (tertiary/aromatic N) is 3. The van der Waals surface area contributed by atoms with E-state index in [9.17, 15) is 9.59 Å². The lowest BCUT2D eigenvalue weighted by molar-refractivity contribution is -0.118. The molecule has 224 valence electrons. The fraction of sp³-hybridized carbons (Fsp3) is 0.200. The molecule has 0 unspecified atom stereocenters. The summed E-state index contributed by atoms with van der Waals surface area (Å²) in [6, 6.07) is 25.9. The van der Waals surface area contributed by atoms with Crippen molar-refractivity contribution in [3.05, 3.63) is 116 Å². The largest absolute Gasteiger partial charge is 0.494 e. The van der Waals surface area contributed by atoms with Gasteiger partial charge in [0.1, 0.15) is 11.5 Å². The summed E-state index contributed by atoms with van der Waals surface area (Å²) in [5.74, 6) is 1.70. The molecule has 1 N–H and O–H groups in total. The Balaban J connectivity index is 1.47. The van der Waals surface area contributed by atoms with Crippen molar-refractivity contribution in [1.29, 1.82) is 0 Å².